The number of aryl methyl sites for hydroxylation is 2. The van der Waals surface area contributed by atoms with Gasteiger partial charge in [-0.15, -0.1) is 0 Å². The fourth-order valence-electron chi connectivity index (χ4n) is 5.50. The third kappa shape index (κ3) is 3.06. The number of rotatable bonds is 3. The molecule has 2 bridgehead atoms. The van der Waals surface area contributed by atoms with Crippen LogP contribution in [0.5, 0.6) is 0 Å². The zero-order valence-electron chi connectivity index (χ0n) is 17.5. The van der Waals surface area contributed by atoms with Gasteiger partial charge >= 0.3 is 0 Å². The summed E-state index contributed by atoms with van der Waals surface area (Å²) in [7, 11) is 4.30. The van der Waals surface area contributed by atoms with E-state index in [2.05, 4.69) is 66.1 Å². The van der Waals surface area contributed by atoms with E-state index in [4.69, 9.17) is 0 Å². The molecule has 0 radical (unpaired) electrons. The molecule has 0 saturated carbocycles. The van der Waals surface area contributed by atoms with E-state index in [0.29, 0.717) is 12.1 Å². The van der Waals surface area contributed by atoms with Gasteiger partial charge in [-0.05, 0) is 56.8 Å². The molecule has 4 heteroatoms. The maximum Gasteiger partial charge on any atom is 0.254 e. The lowest BCUT2D eigenvalue weighted by molar-refractivity contribution is 0.0884. The number of hydrogen-bond donors (Lipinski definition) is 1. The molecule has 1 unspecified atom stereocenters. The van der Waals surface area contributed by atoms with Crippen LogP contribution in [0.2, 0.25) is 0 Å². The first-order valence-electron chi connectivity index (χ1n) is 10.7. The number of carbonyl (C=O) groups excluding carboxylic acids is 1. The zero-order chi connectivity index (χ0) is 20.1. The molecular weight excluding hydrogens is 358 g/mol. The fourth-order valence-corrected chi connectivity index (χ4v) is 5.50. The first kappa shape index (κ1) is 18.4. The van der Waals surface area contributed by atoms with Gasteiger partial charge in [-0.2, -0.15) is 0 Å². The molecule has 3 heterocycles. The lowest BCUT2D eigenvalue weighted by atomic mass is 9.97. The topological polar surface area (TPSA) is 37.3 Å². The molecule has 29 heavy (non-hydrogen) atoms. The lowest BCUT2D eigenvalue weighted by Gasteiger charge is -2.36. The zero-order valence-corrected chi connectivity index (χ0v) is 17.5. The number of nitrogens with zero attached hydrogens (tertiary/aromatic N) is 2. The van der Waals surface area contributed by atoms with Crippen LogP contribution in [-0.4, -0.2) is 40.5 Å². The second-order valence-electron chi connectivity index (χ2n) is 8.86. The van der Waals surface area contributed by atoms with Gasteiger partial charge in [-0.3, -0.25) is 4.79 Å². The Kier molecular flexibility index (Phi) is 4.47. The molecule has 1 N–H and O–H groups in total. The van der Waals surface area contributed by atoms with Crippen LogP contribution >= 0.6 is 0 Å². The molecule has 0 aliphatic carbocycles. The minimum Gasteiger partial charge on any atom is -0.349 e. The average Bonchev–Trinajstić information content (AvgIpc) is 3.10. The molecule has 2 aliphatic rings. The first-order chi connectivity index (χ1) is 14.0. The van der Waals surface area contributed by atoms with Crippen molar-refractivity contribution >= 4 is 16.8 Å². The summed E-state index contributed by atoms with van der Waals surface area (Å²) in [5.74, 6) is 0.0623. The van der Waals surface area contributed by atoms with Gasteiger partial charge in [0, 0.05) is 36.1 Å². The SMILES string of the molecule is Cc1ccc2c(C(=O)NC3C[C@H]4CC[C@@H](C3)N4C)c(-c3ccccc3)n(C)c2c1. The van der Waals surface area contributed by atoms with Gasteiger partial charge in [0.05, 0.1) is 11.3 Å². The van der Waals surface area contributed by atoms with Gasteiger partial charge < -0.3 is 14.8 Å². The number of benzene rings is 2. The van der Waals surface area contributed by atoms with Gasteiger partial charge in [-0.1, -0.05) is 42.5 Å². The maximum absolute atomic E-state index is 13.6. The highest BCUT2D eigenvalue weighted by molar-refractivity contribution is 6.13. The van der Waals surface area contributed by atoms with Crippen LogP contribution in [0.15, 0.2) is 48.5 Å². The summed E-state index contributed by atoms with van der Waals surface area (Å²) in [5.41, 5.74) is 5.20. The third-order valence-corrected chi connectivity index (χ3v) is 7.06. The van der Waals surface area contributed by atoms with Crippen LogP contribution in [0.25, 0.3) is 22.2 Å². The lowest BCUT2D eigenvalue weighted by Crippen LogP contribution is -2.48. The highest BCUT2D eigenvalue weighted by Crippen LogP contribution is 2.36. The molecule has 5 rings (SSSR count). The van der Waals surface area contributed by atoms with Crippen molar-refractivity contribution in [2.45, 2.75) is 50.7 Å². The molecule has 0 spiro atoms. The van der Waals surface area contributed by atoms with E-state index in [1.165, 1.54) is 18.4 Å². The van der Waals surface area contributed by atoms with Crippen LogP contribution in [0.1, 0.15) is 41.6 Å². The molecule has 3 aromatic rings. The van der Waals surface area contributed by atoms with E-state index in [9.17, 15) is 4.79 Å². The quantitative estimate of drug-likeness (QED) is 0.718. The van der Waals surface area contributed by atoms with Crippen LogP contribution in [0.3, 0.4) is 0 Å². The van der Waals surface area contributed by atoms with Gasteiger partial charge in [0.15, 0.2) is 0 Å². The van der Waals surface area contributed by atoms with Crippen LogP contribution < -0.4 is 5.32 Å². The molecular formula is C25H29N3O. The van der Waals surface area contributed by atoms with E-state index in [-0.39, 0.29) is 11.9 Å². The number of fused-ring (bicyclic) bond motifs is 3. The van der Waals surface area contributed by atoms with Crippen molar-refractivity contribution in [2.24, 2.45) is 7.05 Å². The maximum atomic E-state index is 13.6. The predicted molar refractivity (Wildman–Crippen MR) is 118 cm³/mol. The Labute approximate surface area is 172 Å². The Balaban J connectivity index is 1.56. The molecule has 2 saturated heterocycles. The van der Waals surface area contributed by atoms with E-state index in [1.54, 1.807) is 0 Å². The van der Waals surface area contributed by atoms with E-state index >= 15 is 0 Å². The van der Waals surface area contributed by atoms with Crippen molar-refractivity contribution in [1.29, 1.82) is 0 Å². The molecule has 1 amide bonds. The van der Waals surface area contributed by atoms with Gasteiger partial charge in [-0.25, -0.2) is 0 Å². The first-order valence-corrected chi connectivity index (χ1v) is 10.7. The van der Waals surface area contributed by atoms with E-state index in [1.807, 2.05) is 18.2 Å². The number of amides is 1. The Morgan fingerprint density at radius 1 is 1.00 bits per heavy atom. The van der Waals surface area contributed by atoms with Gasteiger partial charge in [0.25, 0.3) is 5.91 Å². The van der Waals surface area contributed by atoms with Gasteiger partial charge in [0.1, 0.15) is 0 Å². The fraction of sp³-hybridized carbons (Fsp3) is 0.400. The van der Waals surface area contributed by atoms with E-state index < -0.39 is 0 Å². The summed E-state index contributed by atoms with van der Waals surface area (Å²) < 4.78 is 2.17. The molecule has 2 aromatic carbocycles. The Bertz CT molecular complexity index is 1050. The Hall–Kier alpha value is -2.59. The number of hydrogen-bond acceptors (Lipinski definition) is 2. The predicted octanol–water partition coefficient (Wildman–Crippen LogP) is 4.51. The van der Waals surface area contributed by atoms with Gasteiger partial charge in [0.2, 0.25) is 0 Å². The summed E-state index contributed by atoms with van der Waals surface area (Å²) >= 11 is 0. The molecule has 2 fully saturated rings. The molecule has 3 atom stereocenters. The standard InChI is InChI=1S/C25H29N3O/c1-16-9-12-21-22(13-16)28(3)24(17-7-5-4-6-8-17)23(21)25(29)26-18-14-19-10-11-20(15-18)27(19)2/h4-9,12-13,18-20H,10-11,14-15H2,1-3H3,(H,26,29)/t18?,19-,20+. The average molecular weight is 388 g/mol. The smallest absolute Gasteiger partial charge is 0.254 e. The summed E-state index contributed by atoms with van der Waals surface area (Å²) in [6.45, 7) is 2.10. The van der Waals surface area contributed by atoms with Crippen molar-refractivity contribution in [3.05, 3.63) is 59.7 Å². The summed E-state index contributed by atoms with van der Waals surface area (Å²) in [5, 5.41) is 4.44. The number of nitrogens with one attached hydrogen (secondary N) is 1. The number of aromatic nitrogens is 1. The van der Waals surface area contributed by atoms with Crippen LogP contribution in [-0.2, 0) is 7.05 Å². The molecule has 150 valence electrons. The van der Waals surface area contributed by atoms with E-state index in [0.717, 1.165) is 40.6 Å². The summed E-state index contributed by atoms with van der Waals surface area (Å²) in [6.07, 6.45) is 4.64. The monoisotopic (exact) mass is 387 g/mol. The number of carbonyl (C=O) groups is 1. The Morgan fingerprint density at radius 2 is 1.69 bits per heavy atom. The summed E-state index contributed by atoms with van der Waals surface area (Å²) in [6, 6.07) is 18.1. The second-order valence-corrected chi connectivity index (χ2v) is 8.86. The minimum absolute atomic E-state index is 0.0623. The number of piperidine rings is 1. The highest BCUT2D eigenvalue weighted by atomic mass is 16.1. The van der Waals surface area contributed by atoms with Crippen molar-refractivity contribution in [2.75, 3.05) is 7.05 Å². The normalized spacial score (nSPS) is 24.2. The largest absolute Gasteiger partial charge is 0.349 e. The molecule has 2 aliphatic heterocycles. The van der Waals surface area contributed by atoms with Crippen molar-refractivity contribution in [1.82, 2.24) is 14.8 Å². The summed E-state index contributed by atoms with van der Waals surface area (Å²) in [4.78, 5) is 16.1. The highest BCUT2D eigenvalue weighted by Gasteiger charge is 2.39. The van der Waals surface area contributed by atoms with Crippen LogP contribution in [0.4, 0.5) is 0 Å². The van der Waals surface area contributed by atoms with Crippen molar-refractivity contribution in [3.63, 3.8) is 0 Å². The third-order valence-electron chi connectivity index (χ3n) is 7.06. The molecule has 1 aromatic heterocycles. The molecule has 4 nitrogen and oxygen atoms in total. The van der Waals surface area contributed by atoms with Crippen LogP contribution in [0, 0.1) is 6.92 Å². The van der Waals surface area contributed by atoms with Crippen molar-refractivity contribution < 1.29 is 4.79 Å². The van der Waals surface area contributed by atoms with Crippen molar-refractivity contribution in [3.8, 4) is 11.3 Å². The second kappa shape index (κ2) is 7.03. The Morgan fingerprint density at radius 3 is 2.38 bits per heavy atom. The minimum atomic E-state index is 0.0623.